The summed E-state index contributed by atoms with van der Waals surface area (Å²) in [6, 6.07) is -0.759. The van der Waals surface area contributed by atoms with Gasteiger partial charge in [0.05, 0.1) is 13.1 Å². The van der Waals surface area contributed by atoms with Crippen molar-refractivity contribution >= 4 is 6.03 Å². The number of alkyl halides is 3. The average molecular weight is 334 g/mol. The Labute approximate surface area is 132 Å². The molecule has 0 unspecified atom stereocenters. The zero-order valence-corrected chi connectivity index (χ0v) is 13.1. The number of amides is 2. The summed E-state index contributed by atoms with van der Waals surface area (Å²) in [6.07, 6.45) is -1.25. The lowest BCUT2D eigenvalue weighted by molar-refractivity contribution is -0.153. The first kappa shape index (κ1) is 17.5. The molecule has 7 nitrogen and oxygen atoms in total. The van der Waals surface area contributed by atoms with E-state index in [0.29, 0.717) is 6.54 Å². The van der Waals surface area contributed by atoms with Crippen LogP contribution in [0.3, 0.4) is 0 Å². The molecular weight excluding hydrogens is 313 g/mol. The monoisotopic (exact) mass is 334 g/mol. The van der Waals surface area contributed by atoms with Gasteiger partial charge in [0.2, 0.25) is 0 Å². The number of carbonyl (C=O) groups is 1. The quantitative estimate of drug-likeness (QED) is 0.890. The Morgan fingerprint density at radius 3 is 2.74 bits per heavy atom. The third-order valence-electron chi connectivity index (χ3n) is 3.73. The molecule has 1 aromatic rings. The molecule has 1 aromatic heterocycles. The molecule has 0 saturated carbocycles. The number of rotatable bonds is 4. The first-order valence-corrected chi connectivity index (χ1v) is 7.43. The molecule has 2 rings (SSSR count). The molecule has 1 N–H and O–H groups in total. The van der Waals surface area contributed by atoms with Crippen LogP contribution in [0.15, 0.2) is 12.7 Å². The molecule has 0 radical (unpaired) electrons. The van der Waals surface area contributed by atoms with Crippen LogP contribution in [0.2, 0.25) is 0 Å². The Morgan fingerprint density at radius 2 is 2.17 bits per heavy atom. The normalized spacial score (nSPS) is 21.3. The zero-order chi connectivity index (χ0) is 17.0. The Kier molecular flexibility index (Phi) is 5.45. The summed E-state index contributed by atoms with van der Waals surface area (Å²) in [4.78, 5) is 18.9. The van der Waals surface area contributed by atoms with Gasteiger partial charge in [-0.2, -0.15) is 18.3 Å². The highest BCUT2D eigenvalue weighted by Gasteiger charge is 2.36. The van der Waals surface area contributed by atoms with Gasteiger partial charge < -0.3 is 10.2 Å². The SMILES string of the molecule is C[C@H](Cn1cncn1)NC(=O)N1CCN(CC(F)(F)F)[C@@H](C)C1. The van der Waals surface area contributed by atoms with Crippen molar-refractivity contribution in [2.75, 3.05) is 26.2 Å². The van der Waals surface area contributed by atoms with Gasteiger partial charge in [-0.05, 0) is 13.8 Å². The second kappa shape index (κ2) is 7.16. The molecule has 10 heteroatoms. The van der Waals surface area contributed by atoms with Gasteiger partial charge in [0.25, 0.3) is 0 Å². The first-order valence-electron chi connectivity index (χ1n) is 7.43. The van der Waals surface area contributed by atoms with Crippen LogP contribution >= 0.6 is 0 Å². The van der Waals surface area contributed by atoms with Gasteiger partial charge in [0.1, 0.15) is 12.7 Å². The average Bonchev–Trinajstić information content (AvgIpc) is 2.92. The van der Waals surface area contributed by atoms with E-state index in [9.17, 15) is 18.0 Å². The maximum atomic E-state index is 12.5. The summed E-state index contributed by atoms with van der Waals surface area (Å²) in [5.74, 6) is 0. The highest BCUT2D eigenvalue weighted by atomic mass is 19.4. The number of aromatic nitrogens is 3. The standard InChI is InChI=1S/C13H21F3N6O/c1-10(5-22-9-17-8-18-22)19-12(23)20-3-4-21(11(2)6-20)7-13(14,15)16/h8-11H,3-7H2,1-2H3,(H,19,23)/t10-,11+/m1/s1. The summed E-state index contributed by atoms with van der Waals surface area (Å²) in [7, 11) is 0. The highest BCUT2D eigenvalue weighted by molar-refractivity contribution is 5.74. The van der Waals surface area contributed by atoms with Crippen molar-refractivity contribution in [3.63, 3.8) is 0 Å². The number of hydrogen-bond donors (Lipinski definition) is 1. The van der Waals surface area contributed by atoms with Crippen molar-refractivity contribution in [1.82, 2.24) is 29.9 Å². The van der Waals surface area contributed by atoms with E-state index in [1.165, 1.54) is 11.2 Å². The molecule has 130 valence electrons. The van der Waals surface area contributed by atoms with Crippen LogP contribution in [0.1, 0.15) is 13.8 Å². The fraction of sp³-hybridized carbons (Fsp3) is 0.769. The Balaban J connectivity index is 1.80. The molecule has 1 saturated heterocycles. The van der Waals surface area contributed by atoms with E-state index in [0.717, 1.165) is 0 Å². The largest absolute Gasteiger partial charge is 0.401 e. The molecule has 1 fully saturated rings. The molecule has 0 bridgehead atoms. The van der Waals surface area contributed by atoms with Gasteiger partial charge in [-0.25, -0.2) is 9.78 Å². The van der Waals surface area contributed by atoms with Crippen LogP contribution in [0.25, 0.3) is 0 Å². The second-order valence-corrected chi connectivity index (χ2v) is 5.85. The van der Waals surface area contributed by atoms with Crippen molar-refractivity contribution in [2.24, 2.45) is 0 Å². The third kappa shape index (κ3) is 5.38. The third-order valence-corrected chi connectivity index (χ3v) is 3.73. The summed E-state index contributed by atoms with van der Waals surface area (Å²) in [6.45, 7) is 3.85. The lowest BCUT2D eigenvalue weighted by Gasteiger charge is -2.40. The summed E-state index contributed by atoms with van der Waals surface area (Å²) >= 11 is 0. The van der Waals surface area contributed by atoms with E-state index in [-0.39, 0.29) is 37.7 Å². The lowest BCUT2D eigenvalue weighted by atomic mass is 10.2. The minimum atomic E-state index is -4.22. The number of hydrogen-bond acceptors (Lipinski definition) is 4. The van der Waals surface area contributed by atoms with Gasteiger partial charge in [0, 0.05) is 31.7 Å². The van der Waals surface area contributed by atoms with E-state index in [1.54, 1.807) is 22.8 Å². The summed E-state index contributed by atoms with van der Waals surface area (Å²) < 4.78 is 39.0. The van der Waals surface area contributed by atoms with Gasteiger partial charge in [-0.3, -0.25) is 9.58 Å². The molecule has 0 aromatic carbocycles. The van der Waals surface area contributed by atoms with E-state index in [1.807, 2.05) is 6.92 Å². The predicted octanol–water partition coefficient (Wildman–Crippen LogP) is 0.945. The van der Waals surface area contributed by atoms with Crippen LogP contribution in [0.4, 0.5) is 18.0 Å². The smallest absolute Gasteiger partial charge is 0.334 e. The molecule has 2 heterocycles. The van der Waals surface area contributed by atoms with Crippen molar-refractivity contribution in [1.29, 1.82) is 0 Å². The zero-order valence-electron chi connectivity index (χ0n) is 13.1. The molecule has 23 heavy (non-hydrogen) atoms. The van der Waals surface area contributed by atoms with Crippen LogP contribution < -0.4 is 5.32 Å². The minimum Gasteiger partial charge on any atom is -0.334 e. The van der Waals surface area contributed by atoms with E-state index in [4.69, 9.17) is 0 Å². The highest BCUT2D eigenvalue weighted by Crippen LogP contribution is 2.20. The lowest BCUT2D eigenvalue weighted by Crippen LogP contribution is -2.58. The van der Waals surface area contributed by atoms with Crippen LogP contribution in [-0.2, 0) is 6.54 Å². The van der Waals surface area contributed by atoms with Gasteiger partial charge >= 0.3 is 12.2 Å². The molecule has 0 aliphatic carbocycles. The van der Waals surface area contributed by atoms with Crippen molar-refractivity contribution in [3.05, 3.63) is 12.7 Å². The van der Waals surface area contributed by atoms with Crippen LogP contribution in [0, 0.1) is 0 Å². The first-order chi connectivity index (χ1) is 10.7. The molecule has 1 aliphatic rings. The number of halogens is 3. The van der Waals surface area contributed by atoms with Gasteiger partial charge in [0.15, 0.2) is 0 Å². The molecule has 0 spiro atoms. The molecule has 1 aliphatic heterocycles. The Morgan fingerprint density at radius 1 is 1.43 bits per heavy atom. The van der Waals surface area contributed by atoms with E-state index in [2.05, 4.69) is 15.4 Å². The molecule has 2 amide bonds. The van der Waals surface area contributed by atoms with Crippen molar-refractivity contribution in [2.45, 2.75) is 38.7 Å². The number of carbonyl (C=O) groups excluding carboxylic acids is 1. The van der Waals surface area contributed by atoms with Crippen molar-refractivity contribution < 1.29 is 18.0 Å². The Hall–Kier alpha value is -1.84. The number of nitrogens with zero attached hydrogens (tertiary/aromatic N) is 5. The summed E-state index contributed by atoms with van der Waals surface area (Å²) in [5.41, 5.74) is 0. The number of urea groups is 1. The van der Waals surface area contributed by atoms with Crippen LogP contribution in [0.5, 0.6) is 0 Å². The van der Waals surface area contributed by atoms with Gasteiger partial charge in [-0.15, -0.1) is 0 Å². The maximum Gasteiger partial charge on any atom is 0.401 e. The van der Waals surface area contributed by atoms with E-state index >= 15 is 0 Å². The number of nitrogens with one attached hydrogen (secondary N) is 1. The summed E-state index contributed by atoms with van der Waals surface area (Å²) in [5, 5.41) is 6.79. The minimum absolute atomic E-state index is 0.160. The predicted molar refractivity (Wildman–Crippen MR) is 76.7 cm³/mol. The topological polar surface area (TPSA) is 66.3 Å². The van der Waals surface area contributed by atoms with Crippen LogP contribution in [-0.4, -0.2) is 75.0 Å². The maximum absolute atomic E-state index is 12.5. The fourth-order valence-corrected chi connectivity index (χ4v) is 2.60. The Bertz CT molecular complexity index is 506. The molecule has 2 atom stereocenters. The fourth-order valence-electron chi connectivity index (χ4n) is 2.60. The van der Waals surface area contributed by atoms with E-state index < -0.39 is 12.7 Å². The van der Waals surface area contributed by atoms with Crippen molar-refractivity contribution in [3.8, 4) is 0 Å². The molecular formula is C13H21F3N6O. The number of piperazine rings is 1. The second-order valence-electron chi connectivity index (χ2n) is 5.85. The van der Waals surface area contributed by atoms with Gasteiger partial charge in [-0.1, -0.05) is 0 Å².